The lowest BCUT2D eigenvalue weighted by Gasteiger charge is -2.14. The molecule has 0 heterocycles. The molecule has 0 rings (SSSR count). The van der Waals surface area contributed by atoms with E-state index < -0.39 is 0 Å². The summed E-state index contributed by atoms with van der Waals surface area (Å²) < 4.78 is 5.51. The highest BCUT2D eigenvalue weighted by atomic mass is 16.5. The number of unbranched alkanes of at least 4 members (excludes halogenated alkanes) is 8. The van der Waals surface area contributed by atoms with E-state index in [2.05, 4.69) is 20.8 Å². The first-order valence-electron chi connectivity index (χ1n) is 8.04. The summed E-state index contributed by atoms with van der Waals surface area (Å²) in [6, 6.07) is 0.233. The van der Waals surface area contributed by atoms with Crippen molar-refractivity contribution in [3.63, 3.8) is 0 Å². The molecule has 110 valence electrons. The molecule has 0 aromatic carbocycles. The van der Waals surface area contributed by atoms with Gasteiger partial charge in [0, 0.05) is 6.04 Å². The molecule has 1 unspecified atom stereocenters. The van der Waals surface area contributed by atoms with Gasteiger partial charge in [-0.3, -0.25) is 0 Å². The fourth-order valence-corrected chi connectivity index (χ4v) is 2.12. The Morgan fingerprint density at radius 3 is 1.83 bits per heavy atom. The molecule has 0 aromatic heterocycles. The second kappa shape index (κ2) is 13.4. The lowest BCUT2D eigenvalue weighted by atomic mass is 10.0. The SMILES string of the molecule is CCCCCCCCCCCC(N)COC(C)C. The quantitative estimate of drug-likeness (QED) is 0.487. The Morgan fingerprint density at radius 2 is 1.33 bits per heavy atom. The number of nitrogens with two attached hydrogens (primary N) is 1. The standard InChI is InChI=1S/C16H35NO/c1-4-5-6-7-8-9-10-11-12-13-16(17)14-18-15(2)3/h15-16H,4-14,17H2,1-3H3. The van der Waals surface area contributed by atoms with E-state index in [9.17, 15) is 0 Å². The first-order chi connectivity index (χ1) is 8.66. The van der Waals surface area contributed by atoms with Gasteiger partial charge in [0.15, 0.2) is 0 Å². The smallest absolute Gasteiger partial charge is 0.0620 e. The Kier molecular flexibility index (Phi) is 13.3. The van der Waals surface area contributed by atoms with Crippen molar-refractivity contribution < 1.29 is 4.74 Å². The van der Waals surface area contributed by atoms with Crippen LogP contribution in [0.5, 0.6) is 0 Å². The Balaban J connectivity index is 3.10. The molecule has 2 N–H and O–H groups in total. The van der Waals surface area contributed by atoms with Crippen LogP contribution in [0.25, 0.3) is 0 Å². The molecular formula is C16H35NO. The second-order valence-corrected chi connectivity index (χ2v) is 5.76. The normalized spacial score (nSPS) is 13.2. The third kappa shape index (κ3) is 14.0. The summed E-state index contributed by atoms with van der Waals surface area (Å²) in [5.74, 6) is 0. The summed E-state index contributed by atoms with van der Waals surface area (Å²) in [6.07, 6.45) is 13.8. The van der Waals surface area contributed by atoms with E-state index in [1.54, 1.807) is 0 Å². The van der Waals surface area contributed by atoms with Crippen molar-refractivity contribution in [3.8, 4) is 0 Å². The lowest BCUT2D eigenvalue weighted by Crippen LogP contribution is -2.27. The highest BCUT2D eigenvalue weighted by Gasteiger charge is 2.03. The van der Waals surface area contributed by atoms with Crippen LogP contribution in [0.1, 0.15) is 85.0 Å². The van der Waals surface area contributed by atoms with Gasteiger partial charge in [0.2, 0.25) is 0 Å². The first-order valence-corrected chi connectivity index (χ1v) is 8.04. The van der Waals surface area contributed by atoms with Crippen molar-refractivity contribution in [2.75, 3.05) is 6.61 Å². The van der Waals surface area contributed by atoms with E-state index in [4.69, 9.17) is 10.5 Å². The van der Waals surface area contributed by atoms with Gasteiger partial charge in [-0.1, -0.05) is 64.7 Å². The average Bonchev–Trinajstić information content (AvgIpc) is 2.34. The van der Waals surface area contributed by atoms with E-state index in [1.807, 2.05) is 0 Å². The van der Waals surface area contributed by atoms with E-state index in [0.717, 1.165) is 6.42 Å². The first kappa shape index (κ1) is 17.9. The Hall–Kier alpha value is -0.0800. The van der Waals surface area contributed by atoms with Gasteiger partial charge in [-0.25, -0.2) is 0 Å². The second-order valence-electron chi connectivity index (χ2n) is 5.76. The van der Waals surface area contributed by atoms with Crippen molar-refractivity contribution in [2.45, 2.75) is 97.1 Å². The van der Waals surface area contributed by atoms with E-state index in [0.29, 0.717) is 12.7 Å². The van der Waals surface area contributed by atoms with Gasteiger partial charge >= 0.3 is 0 Å². The van der Waals surface area contributed by atoms with Crippen LogP contribution in [-0.4, -0.2) is 18.8 Å². The third-order valence-electron chi connectivity index (χ3n) is 3.32. The Labute approximate surface area is 115 Å². The molecule has 0 spiro atoms. The Bertz CT molecular complexity index is 159. The number of hydrogen-bond donors (Lipinski definition) is 1. The summed E-state index contributed by atoms with van der Waals surface area (Å²) in [7, 11) is 0. The summed E-state index contributed by atoms with van der Waals surface area (Å²) >= 11 is 0. The van der Waals surface area contributed by atoms with Gasteiger partial charge in [0.05, 0.1) is 12.7 Å². The van der Waals surface area contributed by atoms with Crippen molar-refractivity contribution in [3.05, 3.63) is 0 Å². The average molecular weight is 257 g/mol. The molecular weight excluding hydrogens is 222 g/mol. The van der Waals surface area contributed by atoms with Crippen LogP contribution >= 0.6 is 0 Å². The zero-order valence-corrected chi connectivity index (χ0v) is 12.9. The van der Waals surface area contributed by atoms with E-state index in [1.165, 1.54) is 57.8 Å². The minimum absolute atomic E-state index is 0.233. The van der Waals surface area contributed by atoms with Gasteiger partial charge < -0.3 is 10.5 Å². The number of ether oxygens (including phenoxy) is 1. The largest absolute Gasteiger partial charge is 0.377 e. The molecule has 0 saturated heterocycles. The lowest BCUT2D eigenvalue weighted by molar-refractivity contribution is 0.0664. The molecule has 0 aliphatic heterocycles. The predicted molar refractivity (Wildman–Crippen MR) is 80.9 cm³/mol. The molecule has 0 bridgehead atoms. The van der Waals surface area contributed by atoms with Gasteiger partial charge in [-0.05, 0) is 20.3 Å². The molecule has 2 heteroatoms. The zero-order chi connectivity index (χ0) is 13.6. The minimum atomic E-state index is 0.233. The molecule has 0 saturated carbocycles. The van der Waals surface area contributed by atoms with Gasteiger partial charge in [0.1, 0.15) is 0 Å². The topological polar surface area (TPSA) is 35.2 Å². The molecule has 2 nitrogen and oxygen atoms in total. The summed E-state index contributed by atoms with van der Waals surface area (Å²) in [5, 5.41) is 0. The molecule has 18 heavy (non-hydrogen) atoms. The maximum absolute atomic E-state index is 5.99. The van der Waals surface area contributed by atoms with Gasteiger partial charge in [0.25, 0.3) is 0 Å². The predicted octanol–water partition coefficient (Wildman–Crippen LogP) is 4.66. The van der Waals surface area contributed by atoms with Crippen molar-refractivity contribution >= 4 is 0 Å². The molecule has 0 aliphatic carbocycles. The zero-order valence-electron chi connectivity index (χ0n) is 12.9. The van der Waals surface area contributed by atoms with E-state index >= 15 is 0 Å². The van der Waals surface area contributed by atoms with Crippen molar-refractivity contribution in [1.82, 2.24) is 0 Å². The highest BCUT2D eigenvalue weighted by Crippen LogP contribution is 2.11. The fourth-order valence-electron chi connectivity index (χ4n) is 2.12. The van der Waals surface area contributed by atoms with Crippen LogP contribution in [0.4, 0.5) is 0 Å². The monoisotopic (exact) mass is 257 g/mol. The molecule has 0 amide bonds. The molecule has 0 aliphatic rings. The summed E-state index contributed by atoms with van der Waals surface area (Å²) in [6.45, 7) is 7.11. The van der Waals surface area contributed by atoms with Crippen LogP contribution in [0.2, 0.25) is 0 Å². The number of rotatable bonds is 13. The summed E-state index contributed by atoms with van der Waals surface area (Å²) in [5.41, 5.74) is 5.99. The number of hydrogen-bond acceptors (Lipinski definition) is 2. The third-order valence-corrected chi connectivity index (χ3v) is 3.32. The van der Waals surface area contributed by atoms with Crippen LogP contribution < -0.4 is 5.73 Å². The Morgan fingerprint density at radius 1 is 0.833 bits per heavy atom. The van der Waals surface area contributed by atoms with Crippen molar-refractivity contribution in [1.29, 1.82) is 0 Å². The highest BCUT2D eigenvalue weighted by molar-refractivity contribution is 4.60. The van der Waals surface area contributed by atoms with Gasteiger partial charge in [-0.15, -0.1) is 0 Å². The maximum atomic E-state index is 5.99. The van der Waals surface area contributed by atoms with Crippen LogP contribution in [0.3, 0.4) is 0 Å². The van der Waals surface area contributed by atoms with Crippen molar-refractivity contribution in [2.24, 2.45) is 5.73 Å². The van der Waals surface area contributed by atoms with Crippen LogP contribution in [0.15, 0.2) is 0 Å². The van der Waals surface area contributed by atoms with E-state index in [-0.39, 0.29) is 6.04 Å². The van der Waals surface area contributed by atoms with Crippen LogP contribution in [0, 0.1) is 0 Å². The fraction of sp³-hybridized carbons (Fsp3) is 1.00. The minimum Gasteiger partial charge on any atom is -0.377 e. The molecule has 0 radical (unpaired) electrons. The molecule has 0 fully saturated rings. The van der Waals surface area contributed by atoms with Crippen LogP contribution in [-0.2, 0) is 4.74 Å². The molecule has 1 atom stereocenters. The van der Waals surface area contributed by atoms with Gasteiger partial charge in [-0.2, -0.15) is 0 Å². The maximum Gasteiger partial charge on any atom is 0.0620 e. The molecule has 0 aromatic rings. The summed E-state index contributed by atoms with van der Waals surface area (Å²) in [4.78, 5) is 0.